The maximum Gasteiger partial charge on any atom is 0.384 e. The lowest BCUT2D eigenvalue weighted by molar-refractivity contribution is -0.550. The molecule has 1 aromatic heterocycles. The Morgan fingerprint density at radius 3 is 2.71 bits per heavy atom. The van der Waals surface area contributed by atoms with Crippen LogP contribution in [0.25, 0.3) is 10.9 Å². The smallest absolute Gasteiger partial charge is 0.384 e. The minimum Gasteiger partial charge on any atom is -0.497 e. The summed E-state index contributed by atoms with van der Waals surface area (Å²) in [6.45, 7) is 1.26. The van der Waals surface area contributed by atoms with E-state index >= 15 is 0 Å². The van der Waals surface area contributed by atoms with E-state index in [1.54, 1.807) is 25.4 Å². The van der Waals surface area contributed by atoms with Gasteiger partial charge in [0.2, 0.25) is 0 Å². The highest BCUT2D eigenvalue weighted by Crippen LogP contribution is 2.28. The molecule has 1 atom stereocenters. The predicted octanol–water partition coefficient (Wildman–Crippen LogP) is 1.93. The van der Waals surface area contributed by atoms with E-state index in [0.717, 1.165) is 18.0 Å². The van der Waals surface area contributed by atoms with Crippen LogP contribution in [-0.4, -0.2) is 35.6 Å². The van der Waals surface area contributed by atoms with Crippen molar-refractivity contribution in [3.63, 3.8) is 0 Å². The molecule has 7 heteroatoms. The zero-order valence-electron chi connectivity index (χ0n) is 12.0. The van der Waals surface area contributed by atoms with Crippen LogP contribution in [0.2, 0.25) is 0 Å². The molecule has 2 aromatic rings. The first-order chi connectivity index (χ1) is 9.92. The number of H-pyrrole nitrogens is 1. The van der Waals surface area contributed by atoms with Gasteiger partial charge < -0.3 is 14.5 Å². The number of ether oxygens (including phenoxy) is 2. The van der Waals surface area contributed by atoms with E-state index in [1.165, 1.54) is 6.92 Å². The van der Waals surface area contributed by atoms with Crippen LogP contribution in [0.1, 0.15) is 12.5 Å². The number of hydrogen-bond donors (Lipinski definition) is 1. The first kappa shape index (κ1) is 14.8. The van der Waals surface area contributed by atoms with Gasteiger partial charge in [0.1, 0.15) is 5.75 Å². The Labute approximate surface area is 121 Å². The van der Waals surface area contributed by atoms with Crippen LogP contribution in [-0.2, 0) is 16.0 Å². The van der Waals surface area contributed by atoms with Crippen molar-refractivity contribution >= 4 is 16.9 Å². The largest absolute Gasteiger partial charge is 0.497 e. The van der Waals surface area contributed by atoms with Gasteiger partial charge in [-0.1, -0.05) is 0 Å². The van der Waals surface area contributed by atoms with Gasteiger partial charge in [0.05, 0.1) is 20.6 Å². The monoisotopic (exact) mass is 292 g/mol. The molecular weight excluding hydrogens is 276 g/mol. The SMILES string of the molecule is COC(=O)[C@@](C)(Cc1c[nH]c2ccc(OC)cc12)[N+](=O)[O-]. The van der Waals surface area contributed by atoms with Crippen LogP contribution in [0.5, 0.6) is 5.75 Å². The summed E-state index contributed by atoms with van der Waals surface area (Å²) in [6, 6.07) is 5.38. The van der Waals surface area contributed by atoms with E-state index in [-0.39, 0.29) is 6.42 Å². The number of carbonyl (C=O) groups is 1. The number of methoxy groups -OCH3 is 2. The van der Waals surface area contributed by atoms with E-state index < -0.39 is 16.4 Å². The normalized spacial score (nSPS) is 13.7. The molecule has 0 aliphatic heterocycles. The molecule has 0 fully saturated rings. The Hall–Kier alpha value is -2.57. The number of aromatic nitrogens is 1. The van der Waals surface area contributed by atoms with Crippen LogP contribution < -0.4 is 4.74 Å². The molecule has 0 aliphatic rings. The van der Waals surface area contributed by atoms with Gasteiger partial charge in [-0.15, -0.1) is 0 Å². The highest BCUT2D eigenvalue weighted by molar-refractivity contribution is 5.86. The number of carbonyl (C=O) groups excluding carboxylic acids is 1. The highest BCUT2D eigenvalue weighted by atomic mass is 16.6. The summed E-state index contributed by atoms with van der Waals surface area (Å²) in [5, 5.41) is 12.1. The van der Waals surface area contributed by atoms with Crippen molar-refractivity contribution in [2.75, 3.05) is 14.2 Å². The maximum absolute atomic E-state index is 11.8. The summed E-state index contributed by atoms with van der Waals surface area (Å²) in [5.74, 6) is -0.228. The fraction of sp³-hybridized carbons (Fsp3) is 0.357. The van der Waals surface area contributed by atoms with Crippen molar-refractivity contribution in [1.82, 2.24) is 4.98 Å². The molecule has 0 aliphatic carbocycles. The lowest BCUT2D eigenvalue weighted by atomic mass is 9.93. The van der Waals surface area contributed by atoms with Crippen molar-refractivity contribution < 1.29 is 19.2 Å². The molecular formula is C14H16N2O5. The second-order valence-corrected chi connectivity index (χ2v) is 4.92. The molecule has 7 nitrogen and oxygen atoms in total. The zero-order valence-corrected chi connectivity index (χ0v) is 12.0. The van der Waals surface area contributed by atoms with Gasteiger partial charge in [-0.2, -0.15) is 0 Å². The van der Waals surface area contributed by atoms with E-state index in [4.69, 9.17) is 4.74 Å². The van der Waals surface area contributed by atoms with Crippen molar-refractivity contribution in [1.29, 1.82) is 0 Å². The number of aromatic amines is 1. The second-order valence-electron chi connectivity index (χ2n) is 4.92. The van der Waals surface area contributed by atoms with Crippen molar-refractivity contribution in [3.05, 3.63) is 40.1 Å². The van der Waals surface area contributed by atoms with E-state index in [0.29, 0.717) is 11.3 Å². The van der Waals surface area contributed by atoms with Crippen LogP contribution in [0, 0.1) is 10.1 Å². The van der Waals surface area contributed by atoms with Gasteiger partial charge in [0.15, 0.2) is 0 Å². The second kappa shape index (κ2) is 5.43. The van der Waals surface area contributed by atoms with E-state index in [9.17, 15) is 14.9 Å². The first-order valence-corrected chi connectivity index (χ1v) is 6.29. The molecule has 0 bridgehead atoms. The highest BCUT2D eigenvalue weighted by Gasteiger charge is 2.47. The number of rotatable bonds is 5. The minimum absolute atomic E-state index is 0.0696. The topological polar surface area (TPSA) is 94.5 Å². The standard InChI is InChI=1S/C14H16N2O5/c1-14(16(18)19,13(17)21-3)7-9-8-15-12-5-4-10(20-2)6-11(9)12/h4-6,8,15H,7H2,1-3H3/t14-/m1/s1. The van der Waals surface area contributed by atoms with Gasteiger partial charge in [-0.25, -0.2) is 4.79 Å². The first-order valence-electron chi connectivity index (χ1n) is 6.29. The summed E-state index contributed by atoms with van der Waals surface area (Å²) in [7, 11) is 2.69. The average Bonchev–Trinajstić information content (AvgIpc) is 2.88. The number of nitrogens with zero attached hydrogens (tertiary/aromatic N) is 1. The number of hydrogen-bond acceptors (Lipinski definition) is 5. The fourth-order valence-corrected chi connectivity index (χ4v) is 2.23. The third kappa shape index (κ3) is 2.54. The van der Waals surface area contributed by atoms with E-state index in [1.807, 2.05) is 6.07 Å². The molecule has 1 N–H and O–H groups in total. The predicted molar refractivity (Wildman–Crippen MR) is 76.0 cm³/mol. The van der Waals surface area contributed by atoms with Crippen molar-refractivity contribution in [2.24, 2.45) is 0 Å². The number of nitro groups is 1. The molecule has 0 saturated carbocycles. The van der Waals surface area contributed by atoms with Crippen molar-refractivity contribution in [3.8, 4) is 5.75 Å². The van der Waals surface area contributed by atoms with Crippen molar-refractivity contribution in [2.45, 2.75) is 18.9 Å². The molecule has 1 heterocycles. The Kier molecular flexibility index (Phi) is 3.84. The van der Waals surface area contributed by atoms with Gasteiger partial charge in [0, 0.05) is 28.9 Å². The summed E-state index contributed by atoms with van der Waals surface area (Å²) in [6.07, 6.45) is 1.59. The van der Waals surface area contributed by atoms with Gasteiger partial charge in [-0.3, -0.25) is 10.1 Å². The average molecular weight is 292 g/mol. The molecule has 0 unspecified atom stereocenters. The van der Waals surface area contributed by atoms with Gasteiger partial charge in [0.25, 0.3) is 0 Å². The lowest BCUT2D eigenvalue weighted by Crippen LogP contribution is -2.46. The molecule has 0 saturated heterocycles. The van der Waals surface area contributed by atoms with Gasteiger partial charge >= 0.3 is 11.5 Å². The summed E-state index contributed by atoms with van der Waals surface area (Å²) < 4.78 is 9.72. The minimum atomic E-state index is -1.83. The number of esters is 1. The van der Waals surface area contributed by atoms with Crippen LogP contribution in [0.15, 0.2) is 24.4 Å². The maximum atomic E-state index is 11.8. The number of benzene rings is 1. The zero-order chi connectivity index (χ0) is 15.6. The molecule has 0 spiro atoms. The third-order valence-corrected chi connectivity index (χ3v) is 3.54. The molecule has 21 heavy (non-hydrogen) atoms. The fourth-order valence-electron chi connectivity index (χ4n) is 2.23. The van der Waals surface area contributed by atoms with Gasteiger partial charge in [-0.05, 0) is 23.8 Å². The molecule has 1 aromatic carbocycles. The molecule has 2 rings (SSSR count). The van der Waals surface area contributed by atoms with Crippen LogP contribution in [0.4, 0.5) is 0 Å². The molecule has 0 radical (unpaired) electrons. The summed E-state index contributed by atoms with van der Waals surface area (Å²) in [5.41, 5.74) is -0.345. The Bertz CT molecular complexity index is 694. The molecule has 0 amide bonds. The molecule has 112 valence electrons. The van der Waals surface area contributed by atoms with Crippen LogP contribution >= 0.6 is 0 Å². The lowest BCUT2D eigenvalue weighted by Gasteiger charge is -2.17. The quantitative estimate of drug-likeness (QED) is 0.516. The Balaban J connectivity index is 2.46. The summed E-state index contributed by atoms with van der Waals surface area (Å²) >= 11 is 0. The van der Waals surface area contributed by atoms with Crippen LogP contribution in [0.3, 0.4) is 0 Å². The Morgan fingerprint density at radius 2 is 2.14 bits per heavy atom. The number of fused-ring (bicyclic) bond motifs is 1. The Morgan fingerprint density at radius 1 is 1.43 bits per heavy atom. The number of nitrogens with one attached hydrogen (secondary N) is 1. The third-order valence-electron chi connectivity index (χ3n) is 3.54. The van der Waals surface area contributed by atoms with E-state index in [2.05, 4.69) is 9.72 Å². The summed E-state index contributed by atoms with van der Waals surface area (Å²) in [4.78, 5) is 25.5.